The second kappa shape index (κ2) is 2.44. The highest BCUT2D eigenvalue weighted by molar-refractivity contribution is 4.90. The third kappa shape index (κ3) is 1.50. The van der Waals surface area contributed by atoms with Crippen LogP contribution in [0.25, 0.3) is 0 Å². The number of likely N-dealkylation sites (N-methyl/N-ethyl adjacent to an activating group) is 1. The molecule has 0 aliphatic carbocycles. The molecule has 0 aromatic heterocycles. The van der Waals surface area contributed by atoms with Crippen LogP contribution in [0.15, 0.2) is 0 Å². The van der Waals surface area contributed by atoms with Crippen molar-refractivity contribution in [3.05, 3.63) is 10.1 Å². The van der Waals surface area contributed by atoms with Crippen molar-refractivity contribution in [2.45, 2.75) is 31.8 Å². The van der Waals surface area contributed by atoms with Crippen LogP contribution in [0.4, 0.5) is 0 Å². The molecule has 1 rings (SSSR count). The van der Waals surface area contributed by atoms with E-state index in [1.807, 2.05) is 25.8 Å². The van der Waals surface area contributed by atoms with Crippen LogP contribution in [-0.2, 0) is 0 Å². The van der Waals surface area contributed by atoms with Crippen molar-refractivity contribution in [1.29, 1.82) is 0 Å². The summed E-state index contributed by atoms with van der Waals surface area (Å²) in [6.07, 6.45) is 0.663. The first-order chi connectivity index (χ1) is 4.93. The van der Waals surface area contributed by atoms with E-state index in [0.717, 1.165) is 0 Å². The molecule has 1 saturated heterocycles. The Labute approximate surface area is 66.3 Å². The average Bonchev–Trinajstić information content (AvgIpc) is 2.08. The fourth-order valence-electron chi connectivity index (χ4n) is 1.50. The normalized spacial score (nSPS) is 30.6. The van der Waals surface area contributed by atoms with Gasteiger partial charge >= 0.3 is 0 Å². The van der Waals surface area contributed by atoms with Crippen molar-refractivity contribution < 1.29 is 4.92 Å². The first-order valence-corrected chi connectivity index (χ1v) is 3.78. The van der Waals surface area contributed by atoms with E-state index in [0.29, 0.717) is 13.0 Å². The summed E-state index contributed by atoms with van der Waals surface area (Å²) in [5, 5.41) is 10.4. The van der Waals surface area contributed by atoms with Crippen LogP contribution < -0.4 is 0 Å². The van der Waals surface area contributed by atoms with E-state index in [1.165, 1.54) is 0 Å². The van der Waals surface area contributed by atoms with Gasteiger partial charge in [0, 0.05) is 16.9 Å². The molecule has 0 aromatic rings. The summed E-state index contributed by atoms with van der Waals surface area (Å²) < 4.78 is 0. The highest BCUT2D eigenvalue weighted by atomic mass is 16.6. The highest BCUT2D eigenvalue weighted by Gasteiger charge is 2.41. The Morgan fingerprint density at radius 3 is 2.36 bits per heavy atom. The van der Waals surface area contributed by atoms with Crippen molar-refractivity contribution in [3.8, 4) is 0 Å². The Hall–Kier alpha value is -0.640. The van der Waals surface area contributed by atoms with Gasteiger partial charge in [-0.2, -0.15) is 0 Å². The van der Waals surface area contributed by atoms with Gasteiger partial charge in [0.15, 0.2) is 0 Å². The van der Waals surface area contributed by atoms with Crippen molar-refractivity contribution in [2.75, 3.05) is 13.6 Å². The number of likely N-dealkylation sites (tertiary alicyclic amines) is 1. The molecule has 4 nitrogen and oxygen atoms in total. The molecule has 0 N–H and O–H groups in total. The quantitative estimate of drug-likeness (QED) is 0.418. The van der Waals surface area contributed by atoms with E-state index in [-0.39, 0.29) is 16.5 Å². The van der Waals surface area contributed by atoms with Gasteiger partial charge in [0.25, 0.3) is 0 Å². The van der Waals surface area contributed by atoms with Gasteiger partial charge < -0.3 is 0 Å². The highest BCUT2D eigenvalue weighted by Crippen LogP contribution is 2.27. The third-order valence-electron chi connectivity index (χ3n) is 2.55. The first-order valence-electron chi connectivity index (χ1n) is 3.78. The fourth-order valence-corrected chi connectivity index (χ4v) is 1.50. The Morgan fingerprint density at radius 1 is 1.64 bits per heavy atom. The van der Waals surface area contributed by atoms with Crippen molar-refractivity contribution in [2.24, 2.45) is 0 Å². The van der Waals surface area contributed by atoms with Gasteiger partial charge in [-0.15, -0.1) is 0 Å². The van der Waals surface area contributed by atoms with Gasteiger partial charge in [-0.1, -0.05) is 0 Å². The van der Waals surface area contributed by atoms with Crippen LogP contribution in [0, 0.1) is 10.1 Å². The summed E-state index contributed by atoms with van der Waals surface area (Å²) in [5.41, 5.74) is -0.00225. The lowest BCUT2D eigenvalue weighted by atomic mass is 10.0. The van der Waals surface area contributed by atoms with Gasteiger partial charge in [-0.05, 0) is 20.9 Å². The lowest BCUT2D eigenvalue weighted by molar-refractivity contribution is -0.518. The summed E-state index contributed by atoms with van der Waals surface area (Å²) in [4.78, 5) is 12.3. The first kappa shape index (κ1) is 8.46. The lowest BCUT2D eigenvalue weighted by Crippen LogP contribution is -2.34. The smallest absolute Gasteiger partial charge is 0.227 e. The van der Waals surface area contributed by atoms with E-state index in [4.69, 9.17) is 0 Å². The molecule has 0 amide bonds. The maximum Gasteiger partial charge on any atom is 0.227 e. The standard InChI is InChI=1S/C7H14N2O2/c1-7(2)4-6(9(10)11)5-8(7)3/h6H,4-5H2,1-3H3/t6-/m1/s1. The molecular formula is C7H14N2O2. The van der Waals surface area contributed by atoms with Crippen LogP contribution in [-0.4, -0.2) is 35.0 Å². The average molecular weight is 158 g/mol. The van der Waals surface area contributed by atoms with Gasteiger partial charge in [-0.25, -0.2) is 0 Å². The second-order valence-corrected chi connectivity index (χ2v) is 3.84. The number of hydrogen-bond donors (Lipinski definition) is 0. The van der Waals surface area contributed by atoms with Gasteiger partial charge in [0.05, 0.1) is 6.54 Å². The summed E-state index contributed by atoms with van der Waals surface area (Å²) in [5.74, 6) is 0. The zero-order valence-corrected chi connectivity index (χ0v) is 7.20. The number of rotatable bonds is 1. The van der Waals surface area contributed by atoms with Gasteiger partial charge in [-0.3, -0.25) is 15.0 Å². The van der Waals surface area contributed by atoms with Crippen LogP contribution in [0.3, 0.4) is 0 Å². The predicted octanol–water partition coefficient (Wildman–Crippen LogP) is 0.746. The Balaban J connectivity index is 2.64. The molecule has 0 aromatic carbocycles. The molecule has 0 bridgehead atoms. The molecule has 0 radical (unpaired) electrons. The zero-order chi connectivity index (χ0) is 8.65. The summed E-state index contributed by atoms with van der Waals surface area (Å²) in [6, 6.07) is -0.366. The van der Waals surface area contributed by atoms with E-state index in [2.05, 4.69) is 0 Å². The van der Waals surface area contributed by atoms with E-state index in [9.17, 15) is 10.1 Å². The van der Waals surface area contributed by atoms with Crippen molar-refractivity contribution in [3.63, 3.8) is 0 Å². The van der Waals surface area contributed by atoms with Crippen LogP contribution in [0.1, 0.15) is 20.3 Å². The lowest BCUT2D eigenvalue weighted by Gasteiger charge is -2.25. The van der Waals surface area contributed by atoms with Gasteiger partial charge in [0.2, 0.25) is 6.04 Å². The Kier molecular flexibility index (Phi) is 1.88. The Morgan fingerprint density at radius 2 is 2.18 bits per heavy atom. The zero-order valence-electron chi connectivity index (χ0n) is 7.20. The molecule has 1 atom stereocenters. The molecule has 0 saturated carbocycles. The molecular weight excluding hydrogens is 144 g/mol. The minimum absolute atomic E-state index is 0.00225. The number of hydrogen-bond acceptors (Lipinski definition) is 3. The molecule has 4 heteroatoms. The minimum Gasteiger partial charge on any atom is -0.294 e. The molecule has 0 spiro atoms. The SMILES string of the molecule is CN1C[C@H]([N+](=O)[O-])CC1(C)C. The van der Waals surface area contributed by atoms with E-state index >= 15 is 0 Å². The van der Waals surface area contributed by atoms with Crippen LogP contribution in [0.5, 0.6) is 0 Å². The topological polar surface area (TPSA) is 46.4 Å². The van der Waals surface area contributed by atoms with E-state index < -0.39 is 0 Å². The van der Waals surface area contributed by atoms with Crippen molar-refractivity contribution in [1.82, 2.24) is 4.90 Å². The summed E-state index contributed by atoms with van der Waals surface area (Å²) >= 11 is 0. The van der Waals surface area contributed by atoms with Crippen LogP contribution >= 0.6 is 0 Å². The number of nitro groups is 1. The molecule has 11 heavy (non-hydrogen) atoms. The second-order valence-electron chi connectivity index (χ2n) is 3.84. The predicted molar refractivity (Wildman–Crippen MR) is 42.1 cm³/mol. The van der Waals surface area contributed by atoms with Gasteiger partial charge in [0.1, 0.15) is 0 Å². The molecule has 1 aliphatic heterocycles. The van der Waals surface area contributed by atoms with Crippen molar-refractivity contribution >= 4 is 0 Å². The molecule has 0 unspecified atom stereocenters. The maximum atomic E-state index is 10.4. The largest absolute Gasteiger partial charge is 0.294 e. The monoisotopic (exact) mass is 158 g/mol. The molecule has 1 aliphatic rings. The van der Waals surface area contributed by atoms with Crippen LogP contribution in [0.2, 0.25) is 0 Å². The third-order valence-corrected chi connectivity index (χ3v) is 2.55. The molecule has 1 fully saturated rings. The fraction of sp³-hybridized carbons (Fsp3) is 1.00. The maximum absolute atomic E-state index is 10.4. The minimum atomic E-state index is -0.366. The van der Waals surface area contributed by atoms with E-state index in [1.54, 1.807) is 0 Å². The Bertz CT molecular complexity index is 179. The summed E-state index contributed by atoms with van der Waals surface area (Å²) in [6.45, 7) is 4.66. The molecule has 64 valence electrons. The molecule has 1 heterocycles. The summed E-state index contributed by atoms with van der Waals surface area (Å²) in [7, 11) is 1.93. The number of nitrogens with zero attached hydrogens (tertiary/aromatic N) is 2.